The lowest BCUT2D eigenvalue weighted by atomic mass is 10.1. The number of nitrogens with one attached hydrogen (secondary N) is 2. The number of amides is 1. The number of carbonyl (C=O) groups is 1. The molecule has 0 atom stereocenters. The third-order valence-electron chi connectivity index (χ3n) is 4.78. The first-order chi connectivity index (χ1) is 10.2. The summed E-state index contributed by atoms with van der Waals surface area (Å²) in [5.41, 5.74) is 3.21. The summed E-state index contributed by atoms with van der Waals surface area (Å²) in [6, 6.07) is 6.66. The highest BCUT2D eigenvalue weighted by atomic mass is 35.5. The van der Waals surface area contributed by atoms with E-state index in [1.54, 1.807) is 0 Å². The zero-order valence-electron chi connectivity index (χ0n) is 13.6. The highest BCUT2D eigenvalue weighted by Crippen LogP contribution is 2.23. The van der Waals surface area contributed by atoms with Crippen LogP contribution < -0.4 is 10.6 Å². The van der Waals surface area contributed by atoms with Crippen LogP contribution >= 0.6 is 24.8 Å². The molecule has 0 unspecified atom stereocenters. The molecule has 0 radical (unpaired) electrons. The maximum Gasteiger partial charge on any atom is 0.251 e. The molecule has 2 aliphatic rings. The summed E-state index contributed by atoms with van der Waals surface area (Å²) in [4.78, 5) is 14.6. The predicted molar refractivity (Wildman–Crippen MR) is 100 cm³/mol. The van der Waals surface area contributed by atoms with Gasteiger partial charge in [0.2, 0.25) is 0 Å². The number of anilines is 1. The van der Waals surface area contributed by atoms with E-state index in [-0.39, 0.29) is 30.7 Å². The summed E-state index contributed by atoms with van der Waals surface area (Å²) in [6.45, 7) is 2.64. The van der Waals surface area contributed by atoms with Crippen LogP contribution in [0.4, 0.5) is 5.69 Å². The minimum atomic E-state index is 0. The lowest BCUT2D eigenvalue weighted by Crippen LogP contribution is -2.37. The third-order valence-corrected chi connectivity index (χ3v) is 4.78. The van der Waals surface area contributed by atoms with E-state index in [1.807, 2.05) is 18.2 Å². The molecule has 23 heavy (non-hydrogen) atoms. The van der Waals surface area contributed by atoms with Gasteiger partial charge in [0.25, 0.3) is 5.91 Å². The Labute approximate surface area is 151 Å². The molecule has 0 saturated heterocycles. The summed E-state index contributed by atoms with van der Waals surface area (Å²) in [5.74, 6) is 0.0459. The maximum atomic E-state index is 12.2. The fourth-order valence-corrected chi connectivity index (χ4v) is 3.42. The van der Waals surface area contributed by atoms with Crippen molar-refractivity contribution in [3.05, 3.63) is 29.3 Å². The van der Waals surface area contributed by atoms with Crippen molar-refractivity contribution in [1.82, 2.24) is 10.2 Å². The molecular weight excluding hydrogens is 333 g/mol. The number of hydrogen-bond acceptors (Lipinski definition) is 3. The first-order valence-electron chi connectivity index (χ1n) is 8.09. The standard InChI is InChI=1S/C17H25N3O.2ClH/c1-20(15-4-2-3-5-15)11-10-19-17(21)14-6-7-16-13(12-14)8-9-18-16;;/h6-7,12,15,18H,2-5,8-11H2,1H3,(H,19,21);2*1H. The Morgan fingerprint density at radius 2 is 2.04 bits per heavy atom. The lowest BCUT2D eigenvalue weighted by Gasteiger charge is -2.23. The fourth-order valence-electron chi connectivity index (χ4n) is 3.42. The second kappa shape index (κ2) is 9.36. The van der Waals surface area contributed by atoms with Crippen LogP contribution in [0.1, 0.15) is 41.6 Å². The van der Waals surface area contributed by atoms with Gasteiger partial charge in [-0.1, -0.05) is 12.8 Å². The van der Waals surface area contributed by atoms with E-state index in [0.29, 0.717) is 6.04 Å². The predicted octanol–water partition coefficient (Wildman–Crippen LogP) is 3.10. The van der Waals surface area contributed by atoms with E-state index in [9.17, 15) is 4.79 Å². The van der Waals surface area contributed by atoms with Gasteiger partial charge in [-0.05, 0) is 50.1 Å². The van der Waals surface area contributed by atoms with E-state index >= 15 is 0 Å². The molecule has 6 heteroatoms. The van der Waals surface area contributed by atoms with Crippen molar-refractivity contribution in [3.8, 4) is 0 Å². The van der Waals surface area contributed by atoms with Crippen LogP contribution in [0, 0.1) is 0 Å². The van der Waals surface area contributed by atoms with Crippen LogP contribution in [0.3, 0.4) is 0 Å². The van der Waals surface area contributed by atoms with Crippen molar-refractivity contribution in [2.45, 2.75) is 38.1 Å². The molecule has 0 spiro atoms. The average Bonchev–Trinajstić information content (AvgIpc) is 3.17. The number of benzene rings is 1. The van der Waals surface area contributed by atoms with Gasteiger partial charge in [0.05, 0.1) is 0 Å². The van der Waals surface area contributed by atoms with Gasteiger partial charge in [0, 0.05) is 36.9 Å². The van der Waals surface area contributed by atoms with Crippen LogP contribution in [-0.2, 0) is 6.42 Å². The second-order valence-electron chi connectivity index (χ2n) is 6.22. The number of halogens is 2. The molecule has 1 heterocycles. The van der Waals surface area contributed by atoms with Crippen LogP contribution in [0.15, 0.2) is 18.2 Å². The fraction of sp³-hybridized carbons (Fsp3) is 0.588. The monoisotopic (exact) mass is 359 g/mol. The quantitative estimate of drug-likeness (QED) is 0.848. The molecule has 1 amide bonds. The van der Waals surface area contributed by atoms with Crippen molar-refractivity contribution in [1.29, 1.82) is 0 Å². The number of hydrogen-bond donors (Lipinski definition) is 2. The van der Waals surface area contributed by atoms with Gasteiger partial charge in [-0.25, -0.2) is 0 Å². The molecule has 1 fully saturated rings. The minimum absolute atomic E-state index is 0. The Morgan fingerprint density at radius 3 is 2.78 bits per heavy atom. The molecule has 0 bridgehead atoms. The van der Waals surface area contributed by atoms with Gasteiger partial charge in [-0.3, -0.25) is 4.79 Å². The van der Waals surface area contributed by atoms with Gasteiger partial charge < -0.3 is 15.5 Å². The summed E-state index contributed by atoms with van der Waals surface area (Å²) >= 11 is 0. The van der Waals surface area contributed by atoms with Gasteiger partial charge in [-0.15, -0.1) is 24.8 Å². The summed E-state index contributed by atoms with van der Waals surface area (Å²) in [6.07, 6.45) is 6.33. The van der Waals surface area contributed by atoms with Crippen LogP contribution in [-0.4, -0.2) is 43.5 Å². The molecule has 4 nitrogen and oxygen atoms in total. The molecule has 2 N–H and O–H groups in total. The Balaban J connectivity index is 0.00000132. The zero-order valence-corrected chi connectivity index (χ0v) is 15.3. The first kappa shape index (κ1) is 20.1. The van der Waals surface area contributed by atoms with Crippen molar-refractivity contribution >= 4 is 36.4 Å². The highest BCUT2D eigenvalue weighted by Gasteiger charge is 2.19. The molecule has 1 aliphatic carbocycles. The van der Waals surface area contributed by atoms with Gasteiger partial charge in [-0.2, -0.15) is 0 Å². The first-order valence-corrected chi connectivity index (χ1v) is 8.09. The van der Waals surface area contributed by atoms with E-state index in [1.165, 1.54) is 36.9 Å². The summed E-state index contributed by atoms with van der Waals surface area (Å²) in [5, 5.41) is 6.36. The Kier molecular flexibility index (Phi) is 8.17. The summed E-state index contributed by atoms with van der Waals surface area (Å²) in [7, 11) is 2.17. The smallest absolute Gasteiger partial charge is 0.251 e. The molecule has 1 aliphatic heterocycles. The molecule has 1 aromatic rings. The third kappa shape index (κ3) is 5.00. The average molecular weight is 360 g/mol. The number of nitrogens with zero attached hydrogens (tertiary/aromatic N) is 1. The molecule has 1 aromatic carbocycles. The van der Waals surface area contributed by atoms with Crippen molar-refractivity contribution in [3.63, 3.8) is 0 Å². The Hall–Kier alpha value is -0.970. The van der Waals surface area contributed by atoms with Gasteiger partial charge in [0.15, 0.2) is 0 Å². The molecule has 130 valence electrons. The topological polar surface area (TPSA) is 44.4 Å². The van der Waals surface area contributed by atoms with E-state index in [4.69, 9.17) is 0 Å². The maximum absolute atomic E-state index is 12.2. The normalized spacial score (nSPS) is 16.3. The molecule has 0 aromatic heterocycles. The van der Waals surface area contributed by atoms with Crippen molar-refractivity contribution in [2.75, 3.05) is 32.0 Å². The SMILES string of the molecule is CN(CCNC(=O)c1ccc2c(c1)CCN2)C1CCCC1.Cl.Cl. The number of carbonyl (C=O) groups excluding carboxylic acids is 1. The highest BCUT2D eigenvalue weighted by molar-refractivity contribution is 5.95. The van der Waals surface area contributed by atoms with Crippen molar-refractivity contribution < 1.29 is 4.79 Å². The van der Waals surface area contributed by atoms with Crippen LogP contribution in [0.5, 0.6) is 0 Å². The largest absolute Gasteiger partial charge is 0.384 e. The van der Waals surface area contributed by atoms with E-state index in [2.05, 4.69) is 22.6 Å². The van der Waals surface area contributed by atoms with E-state index in [0.717, 1.165) is 31.6 Å². The Morgan fingerprint density at radius 1 is 1.30 bits per heavy atom. The molecule has 1 saturated carbocycles. The van der Waals surface area contributed by atoms with Gasteiger partial charge in [0.1, 0.15) is 0 Å². The van der Waals surface area contributed by atoms with E-state index < -0.39 is 0 Å². The zero-order chi connectivity index (χ0) is 14.7. The molecule has 3 rings (SSSR count). The van der Waals surface area contributed by atoms with Crippen LogP contribution in [0.25, 0.3) is 0 Å². The number of fused-ring (bicyclic) bond motifs is 1. The lowest BCUT2D eigenvalue weighted by molar-refractivity contribution is 0.0947. The number of likely N-dealkylation sites (N-methyl/N-ethyl adjacent to an activating group) is 1. The second-order valence-corrected chi connectivity index (χ2v) is 6.22. The van der Waals surface area contributed by atoms with Gasteiger partial charge >= 0.3 is 0 Å². The van der Waals surface area contributed by atoms with Crippen LogP contribution in [0.2, 0.25) is 0 Å². The summed E-state index contributed by atoms with van der Waals surface area (Å²) < 4.78 is 0. The minimum Gasteiger partial charge on any atom is -0.384 e. The Bertz CT molecular complexity index is 519. The molecular formula is C17H27Cl2N3O. The van der Waals surface area contributed by atoms with Crippen molar-refractivity contribution in [2.24, 2.45) is 0 Å². The number of rotatable bonds is 5.